The molecule has 3 rings (SSSR count). The zero-order valence-electron chi connectivity index (χ0n) is 19.0. The third-order valence-electron chi connectivity index (χ3n) is 6.24. The Hall–Kier alpha value is -0.943. The normalized spacial score (nSPS) is 15.5. The van der Waals surface area contributed by atoms with Crippen LogP contribution in [0.1, 0.15) is 47.5 Å². The largest absolute Gasteiger partial charge is 1.00 e. The van der Waals surface area contributed by atoms with Gasteiger partial charge in [0.25, 0.3) is 0 Å². The number of carbonyl (C=O) groups excluding carboxylic acids is 1. The van der Waals surface area contributed by atoms with E-state index in [1.54, 1.807) is 3.33 Å². The van der Waals surface area contributed by atoms with Crippen LogP contribution in [0, 0.1) is 5.92 Å². The van der Waals surface area contributed by atoms with Crippen LogP contribution in [0.25, 0.3) is 0 Å². The van der Waals surface area contributed by atoms with Crippen molar-refractivity contribution in [2.75, 3.05) is 0 Å². The van der Waals surface area contributed by atoms with Gasteiger partial charge >= 0.3 is 185 Å². The van der Waals surface area contributed by atoms with Gasteiger partial charge in [-0.05, 0) is 0 Å². The van der Waals surface area contributed by atoms with Crippen molar-refractivity contribution < 1.29 is 50.5 Å². The van der Waals surface area contributed by atoms with Crippen LogP contribution in [-0.4, -0.2) is 11.9 Å². The molecule has 1 aliphatic carbocycles. The molecule has 165 valence electrons. The minimum atomic E-state index is -2.74. The Morgan fingerprint density at radius 2 is 1.39 bits per heavy atom. The standard InChI is InChI=1S/C12H11Si.C9H13.C4H9NO.2ClH.Hf/c1-3-7-11(8-4-1)13-12-9-5-2-6-10-12;1-6-5-7(2)9(4)8(6)3;1-2-3-4(5)6;;;/h1-10,13H;6H,1-4H3;2-3H2,1H3,(H2,5,6);2*1H;/q;;;;;+3/p-3. The number of rotatable bonds is 7. The van der Waals surface area contributed by atoms with E-state index < -0.39 is 26.9 Å². The zero-order valence-corrected chi connectivity index (χ0v) is 25.3. The van der Waals surface area contributed by atoms with Crippen LogP contribution in [0.3, 0.4) is 0 Å². The summed E-state index contributed by atoms with van der Waals surface area (Å²) in [5.74, 6) is -0.817. The summed E-state index contributed by atoms with van der Waals surface area (Å²) >= 11 is -2.74. The van der Waals surface area contributed by atoms with Crippen LogP contribution in [-0.2, 0) is 25.7 Å². The quantitative estimate of drug-likeness (QED) is 0.358. The topological polar surface area (TPSA) is 29.1 Å². The molecule has 0 aromatic heterocycles. The van der Waals surface area contributed by atoms with E-state index in [2.05, 4.69) is 98.6 Å². The molecule has 1 unspecified atom stereocenters. The second-order valence-electron chi connectivity index (χ2n) is 8.03. The van der Waals surface area contributed by atoms with Gasteiger partial charge in [0.2, 0.25) is 0 Å². The number of halogens is 2. The summed E-state index contributed by atoms with van der Waals surface area (Å²) in [6.45, 7) is 11.3. The summed E-state index contributed by atoms with van der Waals surface area (Å²) in [6, 6.07) is 22.0. The molecule has 0 saturated heterocycles. The molecule has 0 bridgehead atoms. The van der Waals surface area contributed by atoms with E-state index in [0.29, 0.717) is 12.3 Å². The summed E-state index contributed by atoms with van der Waals surface area (Å²) < 4.78 is 5.33. The van der Waals surface area contributed by atoms with E-state index >= 15 is 0 Å². The first kappa shape index (κ1) is 28.1. The zero-order chi connectivity index (χ0) is 21.0. The third-order valence-corrected chi connectivity index (χ3v) is 33.0. The molecule has 2 nitrogen and oxygen atoms in total. The Kier molecular flexibility index (Phi) is 11.7. The molecule has 1 N–H and O–H groups in total. The fourth-order valence-corrected chi connectivity index (χ4v) is 35.0. The summed E-state index contributed by atoms with van der Waals surface area (Å²) in [5.41, 5.74) is 4.38. The van der Waals surface area contributed by atoms with Crippen molar-refractivity contribution in [3.63, 3.8) is 0 Å². The number of benzene rings is 2. The van der Waals surface area contributed by atoms with Gasteiger partial charge in [0, 0.05) is 0 Å². The van der Waals surface area contributed by atoms with Crippen molar-refractivity contribution in [1.29, 1.82) is 0 Å². The predicted molar refractivity (Wildman–Crippen MR) is 123 cm³/mol. The third kappa shape index (κ3) is 6.31. The molecule has 1 aliphatic rings. The summed E-state index contributed by atoms with van der Waals surface area (Å²) in [5, 5.41) is 2.93. The Balaban J connectivity index is 0.00000240. The smallest absolute Gasteiger partial charge is 1.00 e. The van der Waals surface area contributed by atoms with Gasteiger partial charge < -0.3 is 24.8 Å². The van der Waals surface area contributed by atoms with Gasteiger partial charge in [-0.2, -0.15) is 0 Å². The fourth-order valence-electron chi connectivity index (χ4n) is 4.35. The summed E-state index contributed by atoms with van der Waals surface area (Å²) in [7, 11) is 0. The second kappa shape index (κ2) is 12.9. The number of amides is 1. The van der Waals surface area contributed by atoms with Crippen LogP contribution < -0.4 is 38.5 Å². The Morgan fingerprint density at radius 3 is 1.77 bits per heavy atom. The number of nitrogens with one attached hydrogen (secondary N) is 1. The molecule has 0 heterocycles. The van der Waals surface area contributed by atoms with E-state index in [9.17, 15) is 4.79 Å². The summed E-state index contributed by atoms with van der Waals surface area (Å²) in [4.78, 5) is 12.9. The van der Waals surface area contributed by atoms with Gasteiger partial charge in [0.05, 0.1) is 0 Å². The maximum atomic E-state index is 12.9. The van der Waals surface area contributed by atoms with Crippen molar-refractivity contribution in [1.82, 2.24) is 3.30 Å². The van der Waals surface area contributed by atoms with Gasteiger partial charge in [-0.1, -0.05) is 0 Å². The number of allylic oxidation sites excluding steroid dienone is 4. The van der Waals surface area contributed by atoms with E-state index in [-0.39, 0.29) is 30.7 Å². The minimum Gasteiger partial charge on any atom is -1.00 e. The molecule has 1 atom stereocenters. The van der Waals surface area contributed by atoms with Gasteiger partial charge in [-0.25, -0.2) is 0 Å². The molecule has 1 amide bonds. The van der Waals surface area contributed by atoms with Crippen LogP contribution >= 0.6 is 0 Å². The Morgan fingerprint density at radius 1 is 0.903 bits per heavy atom. The predicted octanol–water partition coefficient (Wildman–Crippen LogP) is -1.76. The summed E-state index contributed by atoms with van der Waals surface area (Å²) in [6.07, 6.45) is 1.53. The maximum Gasteiger partial charge on any atom is -1.00 e. The monoisotopic (exact) mass is 640 g/mol. The molecule has 0 fully saturated rings. The number of hydrogen-bond acceptors (Lipinski definition) is 1. The molecule has 2 aromatic rings. The van der Waals surface area contributed by atoms with Crippen LogP contribution in [0.5, 0.6) is 0 Å². The average Bonchev–Trinajstić information content (AvgIpc) is 2.92. The Bertz CT molecular complexity index is 892. The first-order valence-electron chi connectivity index (χ1n) is 10.6. The van der Waals surface area contributed by atoms with Crippen molar-refractivity contribution in [3.8, 4) is 0 Å². The van der Waals surface area contributed by atoms with Crippen LogP contribution in [0.15, 0.2) is 80.7 Å². The molecule has 2 aromatic carbocycles. The van der Waals surface area contributed by atoms with E-state index in [1.807, 2.05) is 0 Å². The van der Waals surface area contributed by atoms with Gasteiger partial charge in [-0.3, -0.25) is 0 Å². The van der Waals surface area contributed by atoms with Gasteiger partial charge in [0.1, 0.15) is 0 Å². The van der Waals surface area contributed by atoms with Gasteiger partial charge in [0.15, 0.2) is 0 Å². The maximum absolute atomic E-state index is 12.9. The Labute approximate surface area is 208 Å². The fraction of sp³-hybridized carbons (Fsp3) is 0.320. The van der Waals surface area contributed by atoms with Crippen LogP contribution in [0.4, 0.5) is 0 Å². The SMILES string of the molecule is CCCC(=O)[NH][Hf+2]([C]1=C(C)C(C)=C(C)C1C)[SiH](c1ccccc1)c1ccccc1.[Cl-].[Cl-]. The van der Waals surface area contributed by atoms with E-state index in [0.717, 1.165) is 6.42 Å². The average molecular weight is 640 g/mol. The molecular weight excluding hydrogens is 608 g/mol. The number of carbonyl (C=O) groups is 1. The first-order valence-corrected chi connectivity index (χ1v) is 22.2. The molecular formula is C25H32Cl2HfNOSi. The van der Waals surface area contributed by atoms with Crippen molar-refractivity contribution in [3.05, 3.63) is 80.7 Å². The molecule has 31 heavy (non-hydrogen) atoms. The van der Waals surface area contributed by atoms with Crippen molar-refractivity contribution >= 4 is 22.3 Å². The van der Waals surface area contributed by atoms with Crippen molar-refractivity contribution in [2.24, 2.45) is 5.92 Å². The minimum absolute atomic E-state index is 0. The second-order valence-corrected chi connectivity index (χ2v) is 27.0. The van der Waals surface area contributed by atoms with Crippen LogP contribution in [0.2, 0.25) is 0 Å². The molecule has 0 aliphatic heterocycles. The molecule has 6 heteroatoms. The van der Waals surface area contributed by atoms with Crippen molar-refractivity contribution in [2.45, 2.75) is 47.5 Å². The molecule has 0 spiro atoms. The van der Waals surface area contributed by atoms with E-state index in [1.165, 1.54) is 27.1 Å². The van der Waals surface area contributed by atoms with E-state index in [4.69, 9.17) is 0 Å². The first-order chi connectivity index (χ1) is 14.0. The molecule has 0 saturated carbocycles. The number of hydrogen-bond donors (Lipinski definition) is 1. The van der Waals surface area contributed by atoms with Gasteiger partial charge in [-0.15, -0.1) is 0 Å². The molecule has 0 radical (unpaired) electrons.